The van der Waals surface area contributed by atoms with Crippen LogP contribution >= 0.6 is 0 Å². The molecule has 4 heteroatoms. The van der Waals surface area contributed by atoms with Gasteiger partial charge in [-0.2, -0.15) is 0 Å². The molecule has 1 unspecified atom stereocenters. The van der Waals surface area contributed by atoms with Gasteiger partial charge in [-0.1, -0.05) is 6.92 Å². The minimum Gasteiger partial charge on any atom is -0.393 e. The van der Waals surface area contributed by atoms with Crippen molar-refractivity contribution in [1.82, 2.24) is 10.6 Å². The maximum atomic E-state index is 11.0. The smallest absolute Gasteiger partial charge is 0.233 e. The third-order valence-corrected chi connectivity index (χ3v) is 1.60. The molecule has 1 amide bonds. The van der Waals surface area contributed by atoms with E-state index in [-0.39, 0.29) is 12.0 Å². The Balaban J connectivity index is 3.17. The fourth-order valence-corrected chi connectivity index (χ4v) is 0.840. The molecule has 0 aromatic carbocycles. The maximum absolute atomic E-state index is 11.0. The zero-order chi connectivity index (χ0) is 10.1. The summed E-state index contributed by atoms with van der Waals surface area (Å²) in [5.41, 5.74) is 0. The standard InChI is InChI=1S/C9H20N2O2/c1-3-5-11-9(13)7-10-6-4-8(2)12/h8,10,12H,3-7H2,1-2H3,(H,11,13). The van der Waals surface area contributed by atoms with Gasteiger partial charge in [0.2, 0.25) is 5.91 Å². The van der Waals surface area contributed by atoms with Crippen molar-refractivity contribution >= 4 is 5.91 Å². The van der Waals surface area contributed by atoms with E-state index in [2.05, 4.69) is 10.6 Å². The van der Waals surface area contributed by atoms with Crippen LogP contribution in [0.25, 0.3) is 0 Å². The molecular formula is C9H20N2O2. The first-order valence-corrected chi connectivity index (χ1v) is 4.82. The van der Waals surface area contributed by atoms with E-state index >= 15 is 0 Å². The fourth-order valence-electron chi connectivity index (χ4n) is 0.840. The van der Waals surface area contributed by atoms with E-state index in [1.54, 1.807) is 6.92 Å². The van der Waals surface area contributed by atoms with Gasteiger partial charge in [0, 0.05) is 6.54 Å². The van der Waals surface area contributed by atoms with Gasteiger partial charge in [-0.25, -0.2) is 0 Å². The molecule has 0 aliphatic carbocycles. The number of rotatable bonds is 7. The van der Waals surface area contributed by atoms with E-state index in [0.717, 1.165) is 13.0 Å². The molecule has 1 atom stereocenters. The predicted molar refractivity (Wildman–Crippen MR) is 52.5 cm³/mol. The number of hydrogen-bond acceptors (Lipinski definition) is 3. The summed E-state index contributed by atoms with van der Waals surface area (Å²) in [4.78, 5) is 11.0. The van der Waals surface area contributed by atoms with Crippen molar-refractivity contribution in [3.05, 3.63) is 0 Å². The van der Waals surface area contributed by atoms with Gasteiger partial charge < -0.3 is 15.7 Å². The zero-order valence-electron chi connectivity index (χ0n) is 8.47. The average molecular weight is 188 g/mol. The van der Waals surface area contributed by atoms with E-state index in [9.17, 15) is 4.79 Å². The Morgan fingerprint density at radius 1 is 1.46 bits per heavy atom. The quantitative estimate of drug-likeness (QED) is 0.488. The number of aliphatic hydroxyl groups excluding tert-OH is 1. The highest BCUT2D eigenvalue weighted by atomic mass is 16.3. The van der Waals surface area contributed by atoms with Crippen LogP contribution in [-0.4, -0.2) is 36.8 Å². The zero-order valence-corrected chi connectivity index (χ0v) is 8.47. The van der Waals surface area contributed by atoms with Crippen LogP contribution in [0.3, 0.4) is 0 Å². The van der Waals surface area contributed by atoms with Crippen LogP contribution in [-0.2, 0) is 4.79 Å². The summed E-state index contributed by atoms with van der Waals surface area (Å²) in [5.74, 6) is 0.0208. The number of nitrogens with one attached hydrogen (secondary N) is 2. The molecular weight excluding hydrogens is 168 g/mol. The first-order valence-electron chi connectivity index (χ1n) is 4.82. The highest BCUT2D eigenvalue weighted by Crippen LogP contribution is 1.84. The summed E-state index contributed by atoms with van der Waals surface area (Å²) >= 11 is 0. The number of amides is 1. The molecule has 13 heavy (non-hydrogen) atoms. The molecule has 0 bridgehead atoms. The van der Waals surface area contributed by atoms with Gasteiger partial charge in [-0.05, 0) is 26.3 Å². The van der Waals surface area contributed by atoms with Gasteiger partial charge in [-0.15, -0.1) is 0 Å². The molecule has 0 radical (unpaired) electrons. The molecule has 0 aromatic heterocycles. The molecule has 0 fully saturated rings. The second-order valence-corrected chi connectivity index (χ2v) is 3.16. The summed E-state index contributed by atoms with van der Waals surface area (Å²) in [6.45, 7) is 5.50. The lowest BCUT2D eigenvalue weighted by Crippen LogP contribution is -2.35. The SMILES string of the molecule is CCCNC(=O)CNCCC(C)O. The second kappa shape index (κ2) is 8.01. The van der Waals surface area contributed by atoms with E-state index in [0.29, 0.717) is 19.5 Å². The molecule has 3 N–H and O–H groups in total. The third-order valence-electron chi connectivity index (χ3n) is 1.60. The minimum atomic E-state index is -0.300. The van der Waals surface area contributed by atoms with Crippen LogP contribution in [0.1, 0.15) is 26.7 Å². The summed E-state index contributed by atoms with van der Waals surface area (Å²) < 4.78 is 0. The Kier molecular flexibility index (Phi) is 7.63. The van der Waals surface area contributed by atoms with Crippen LogP contribution < -0.4 is 10.6 Å². The van der Waals surface area contributed by atoms with Crippen molar-refractivity contribution in [3.63, 3.8) is 0 Å². The van der Waals surface area contributed by atoms with Crippen molar-refractivity contribution in [2.45, 2.75) is 32.8 Å². The Bertz CT molecular complexity index is 138. The largest absolute Gasteiger partial charge is 0.393 e. The Morgan fingerprint density at radius 3 is 2.69 bits per heavy atom. The van der Waals surface area contributed by atoms with Crippen LogP contribution in [0, 0.1) is 0 Å². The van der Waals surface area contributed by atoms with Crippen molar-refractivity contribution < 1.29 is 9.90 Å². The lowest BCUT2D eigenvalue weighted by Gasteiger charge is -2.06. The molecule has 0 aromatic rings. The van der Waals surface area contributed by atoms with Crippen molar-refractivity contribution in [3.8, 4) is 0 Å². The summed E-state index contributed by atoms with van der Waals surface area (Å²) in [7, 11) is 0. The molecule has 0 aliphatic heterocycles. The van der Waals surface area contributed by atoms with E-state index < -0.39 is 0 Å². The highest BCUT2D eigenvalue weighted by molar-refractivity contribution is 5.77. The Hall–Kier alpha value is -0.610. The van der Waals surface area contributed by atoms with E-state index in [1.807, 2.05) is 6.92 Å². The van der Waals surface area contributed by atoms with E-state index in [1.165, 1.54) is 0 Å². The summed E-state index contributed by atoms with van der Waals surface area (Å²) in [6.07, 6.45) is 1.34. The molecule has 78 valence electrons. The molecule has 4 nitrogen and oxygen atoms in total. The van der Waals surface area contributed by atoms with Crippen LogP contribution in [0.5, 0.6) is 0 Å². The summed E-state index contributed by atoms with van der Waals surface area (Å²) in [5, 5.41) is 14.6. The number of carbonyl (C=O) groups excluding carboxylic acids is 1. The Labute approximate surface area is 79.7 Å². The molecule has 0 spiro atoms. The van der Waals surface area contributed by atoms with Crippen molar-refractivity contribution in [1.29, 1.82) is 0 Å². The number of aliphatic hydroxyl groups is 1. The second-order valence-electron chi connectivity index (χ2n) is 3.16. The average Bonchev–Trinajstić information content (AvgIpc) is 2.08. The van der Waals surface area contributed by atoms with Gasteiger partial charge in [-0.3, -0.25) is 4.79 Å². The lowest BCUT2D eigenvalue weighted by molar-refractivity contribution is -0.120. The van der Waals surface area contributed by atoms with Crippen molar-refractivity contribution in [2.24, 2.45) is 0 Å². The topological polar surface area (TPSA) is 61.4 Å². The molecule has 0 rings (SSSR count). The maximum Gasteiger partial charge on any atom is 0.233 e. The van der Waals surface area contributed by atoms with Crippen LogP contribution in [0.2, 0.25) is 0 Å². The molecule has 0 aliphatic rings. The van der Waals surface area contributed by atoms with Crippen molar-refractivity contribution in [2.75, 3.05) is 19.6 Å². The molecule has 0 heterocycles. The number of hydrogen-bond donors (Lipinski definition) is 3. The van der Waals surface area contributed by atoms with Crippen LogP contribution in [0.15, 0.2) is 0 Å². The monoisotopic (exact) mass is 188 g/mol. The number of carbonyl (C=O) groups is 1. The van der Waals surface area contributed by atoms with Gasteiger partial charge in [0.15, 0.2) is 0 Å². The Morgan fingerprint density at radius 2 is 2.15 bits per heavy atom. The van der Waals surface area contributed by atoms with Crippen LogP contribution in [0.4, 0.5) is 0 Å². The third kappa shape index (κ3) is 9.30. The molecule has 0 saturated carbocycles. The lowest BCUT2D eigenvalue weighted by atomic mass is 10.3. The van der Waals surface area contributed by atoms with E-state index in [4.69, 9.17) is 5.11 Å². The van der Waals surface area contributed by atoms with Gasteiger partial charge >= 0.3 is 0 Å². The highest BCUT2D eigenvalue weighted by Gasteiger charge is 1.99. The van der Waals surface area contributed by atoms with Gasteiger partial charge in [0.1, 0.15) is 0 Å². The first-order chi connectivity index (χ1) is 6.16. The fraction of sp³-hybridized carbons (Fsp3) is 0.889. The first kappa shape index (κ1) is 12.4. The normalized spacial score (nSPS) is 12.5. The van der Waals surface area contributed by atoms with Gasteiger partial charge in [0.25, 0.3) is 0 Å². The minimum absolute atomic E-state index is 0.0208. The van der Waals surface area contributed by atoms with Gasteiger partial charge in [0.05, 0.1) is 12.6 Å². The molecule has 0 saturated heterocycles. The summed E-state index contributed by atoms with van der Waals surface area (Å²) in [6, 6.07) is 0. The predicted octanol–water partition coefficient (Wildman–Crippen LogP) is -0.127.